The van der Waals surface area contributed by atoms with Crippen molar-refractivity contribution in [1.82, 2.24) is 10.2 Å². The Morgan fingerprint density at radius 3 is 2.71 bits per heavy atom. The fourth-order valence-electron chi connectivity index (χ4n) is 2.91. The number of rotatable bonds is 6. The minimum Gasteiger partial charge on any atom is -0.307 e. The van der Waals surface area contributed by atoms with Gasteiger partial charge >= 0.3 is 0 Å². The van der Waals surface area contributed by atoms with Crippen molar-refractivity contribution in [2.45, 2.75) is 70.5 Å². The zero-order valence-corrected chi connectivity index (χ0v) is 11.2. The van der Waals surface area contributed by atoms with Crippen LogP contribution in [0.2, 0.25) is 0 Å². The van der Waals surface area contributed by atoms with Crippen LogP contribution < -0.4 is 5.32 Å². The predicted molar refractivity (Wildman–Crippen MR) is 70.1 cm³/mol. The van der Waals surface area contributed by atoms with Crippen molar-refractivity contribution in [3.63, 3.8) is 0 Å². The van der Waals surface area contributed by atoms with Crippen LogP contribution in [0.25, 0.3) is 0 Å². The molecular weight excluding hydrogens is 212 g/mol. The summed E-state index contributed by atoms with van der Waals surface area (Å²) in [5.74, 6) is 0.419. The van der Waals surface area contributed by atoms with Gasteiger partial charge in [0.1, 0.15) is 0 Å². The average Bonchev–Trinajstić information content (AvgIpc) is 2.66. The highest BCUT2D eigenvalue weighted by molar-refractivity contribution is 5.86. The number of carbonyl (C=O) groups excluding carboxylic acids is 1. The van der Waals surface area contributed by atoms with Gasteiger partial charge in [-0.1, -0.05) is 13.3 Å². The highest BCUT2D eigenvalue weighted by atomic mass is 16.1. The summed E-state index contributed by atoms with van der Waals surface area (Å²) in [4.78, 5) is 14.2. The Balaban J connectivity index is 1.82. The van der Waals surface area contributed by atoms with Crippen LogP contribution in [0, 0.1) is 0 Å². The van der Waals surface area contributed by atoms with Crippen molar-refractivity contribution in [2.24, 2.45) is 0 Å². The fourth-order valence-corrected chi connectivity index (χ4v) is 2.91. The second-order valence-electron chi connectivity index (χ2n) is 5.59. The van der Waals surface area contributed by atoms with Gasteiger partial charge in [-0.2, -0.15) is 0 Å². The molecule has 2 unspecified atom stereocenters. The molecule has 0 aromatic carbocycles. The van der Waals surface area contributed by atoms with Crippen LogP contribution in [0.5, 0.6) is 0 Å². The molecule has 0 amide bonds. The Morgan fingerprint density at radius 2 is 2.24 bits per heavy atom. The molecule has 0 aromatic heterocycles. The van der Waals surface area contributed by atoms with Gasteiger partial charge in [-0.15, -0.1) is 0 Å². The van der Waals surface area contributed by atoms with Crippen LogP contribution in [0.1, 0.15) is 52.4 Å². The Hall–Kier alpha value is -0.410. The second-order valence-corrected chi connectivity index (χ2v) is 5.59. The summed E-state index contributed by atoms with van der Waals surface area (Å²) in [6, 6.07) is 1.60. The first-order valence-electron chi connectivity index (χ1n) is 7.24. The van der Waals surface area contributed by atoms with Crippen LogP contribution >= 0.6 is 0 Å². The average molecular weight is 238 g/mol. The number of nitrogens with one attached hydrogen (secondary N) is 1. The van der Waals surface area contributed by atoms with Crippen LogP contribution in [0.4, 0.5) is 0 Å². The number of ketones is 1. The minimum atomic E-state index is 0.140. The van der Waals surface area contributed by atoms with Gasteiger partial charge < -0.3 is 5.32 Å². The second kappa shape index (κ2) is 5.96. The lowest BCUT2D eigenvalue weighted by atomic mass is 9.89. The van der Waals surface area contributed by atoms with Gasteiger partial charge in [0.2, 0.25) is 0 Å². The number of carbonyl (C=O) groups is 1. The Morgan fingerprint density at radius 1 is 1.47 bits per heavy atom. The van der Waals surface area contributed by atoms with E-state index in [9.17, 15) is 4.79 Å². The highest BCUT2D eigenvalue weighted by Crippen LogP contribution is 2.27. The predicted octanol–water partition coefficient (Wildman–Crippen LogP) is 1.96. The van der Waals surface area contributed by atoms with E-state index in [2.05, 4.69) is 24.1 Å². The van der Waals surface area contributed by atoms with Gasteiger partial charge in [0.25, 0.3) is 0 Å². The van der Waals surface area contributed by atoms with E-state index in [0.717, 1.165) is 32.0 Å². The molecule has 2 atom stereocenters. The van der Waals surface area contributed by atoms with E-state index in [0.29, 0.717) is 11.8 Å². The van der Waals surface area contributed by atoms with Crippen molar-refractivity contribution in [3.8, 4) is 0 Å². The molecule has 1 heterocycles. The molecule has 3 heteroatoms. The Labute approximate surface area is 105 Å². The fraction of sp³-hybridized carbons (Fsp3) is 0.929. The van der Waals surface area contributed by atoms with E-state index in [-0.39, 0.29) is 6.04 Å². The molecule has 98 valence electrons. The highest BCUT2D eigenvalue weighted by Gasteiger charge is 2.30. The van der Waals surface area contributed by atoms with Gasteiger partial charge in [0, 0.05) is 31.6 Å². The lowest BCUT2D eigenvalue weighted by Crippen LogP contribution is -2.47. The molecule has 0 aromatic rings. The number of nitrogens with zero attached hydrogens (tertiary/aromatic N) is 1. The standard InChI is InChI=1S/C14H26N2O/c1-3-11(2)16(12-5-4-6-12)10-8-13-14(17)7-9-15-13/h11-13,15H,3-10H2,1-2H3. The van der Waals surface area contributed by atoms with Crippen molar-refractivity contribution >= 4 is 5.78 Å². The molecule has 2 aliphatic rings. The first kappa shape index (κ1) is 13.0. The SMILES string of the molecule is CCC(C)N(CCC1NCCC1=O)C1CCC1. The number of hydrogen-bond acceptors (Lipinski definition) is 3. The maximum atomic E-state index is 11.6. The van der Waals surface area contributed by atoms with Crippen LogP contribution in [-0.4, -0.2) is 41.9 Å². The first-order chi connectivity index (χ1) is 8.22. The minimum absolute atomic E-state index is 0.140. The van der Waals surface area contributed by atoms with Crippen molar-refractivity contribution in [2.75, 3.05) is 13.1 Å². The summed E-state index contributed by atoms with van der Waals surface area (Å²) >= 11 is 0. The van der Waals surface area contributed by atoms with E-state index < -0.39 is 0 Å². The van der Waals surface area contributed by atoms with Gasteiger partial charge in [-0.3, -0.25) is 9.69 Å². The molecule has 1 N–H and O–H groups in total. The normalized spacial score (nSPS) is 27.5. The van der Waals surface area contributed by atoms with Gasteiger partial charge in [0.15, 0.2) is 5.78 Å². The van der Waals surface area contributed by atoms with Crippen molar-refractivity contribution in [1.29, 1.82) is 0 Å². The Kier molecular flexibility index (Phi) is 4.57. The molecule has 1 aliphatic carbocycles. The molecule has 3 nitrogen and oxygen atoms in total. The molecule has 2 rings (SSSR count). The maximum Gasteiger partial charge on any atom is 0.151 e. The Bertz CT molecular complexity index is 258. The number of hydrogen-bond donors (Lipinski definition) is 1. The summed E-state index contributed by atoms with van der Waals surface area (Å²) < 4.78 is 0. The maximum absolute atomic E-state index is 11.6. The smallest absolute Gasteiger partial charge is 0.151 e. The quantitative estimate of drug-likeness (QED) is 0.768. The molecule has 2 fully saturated rings. The summed E-state index contributed by atoms with van der Waals surface area (Å²) in [6.07, 6.45) is 7.05. The summed E-state index contributed by atoms with van der Waals surface area (Å²) in [5.41, 5.74) is 0. The lowest BCUT2D eigenvalue weighted by Gasteiger charge is -2.41. The molecule has 0 bridgehead atoms. The molecular formula is C14H26N2O. The van der Waals surface area contributed by atoms with E-state index in [4.69, 9.17) is 0 Å². The molecule has 1 saturated heterocycles. The van der Waals surface area contributed by atoms with Crippen LogP contribution in [0.15, 0.2) is 0 Å². The first-order valence-corrected chi connectivity index (χ1v) is 7.24. The molecule has 0 spiro atoms. The summed E-state index contributed by atoms with van der Waals surface area (Å²) in [7, 11) is 0. The summed E-state index contributed by atoms with van der Waals surface area (Å²) in [6.45, 7) is 6.55. The van der Waals surface area contributed by atoms with Crippen LogP contribution in [0.3, 0.4) is 0 Å². The third-order valence-corrected chi connectivity index (χ3v) is 4.53. The largest absolute Gasteiger partial charge is 0.307 e. The topological polar surface area (TPSA) is 32.3 Å². The lowest BCUT2D eigenvalue weighted by molar-refractivity contribution is -0.119. The van der Waals surface area contributed by atoms with Gasteiger partial charge in [-0.05, 0) is 32.6 Å². The monoisotopic (exact) mass is 238 g/mol. The van der Waals surface area contributed by atoms with Crippen LogP contribution in [-0.2, 0) is 4.79 Å². The van der Waals surface area contributed by atoms with Crippen molar-refractivity contribution in [3.05, 3.63) is 0 Å². The summed E-state index contributed by atoms with van der Waals surface area (Å²) in [5, 5.41) is 3.32. The molecule has 17 heavy (non-hydrogen) atoms. The van der Waals surface area contributed by atoms with E-state index >= 15 is 0 Å². The third kappa shape index (κ3) is 3.08. The number of Topliss-reactive ketones (excluding diaryl/α,β-unsaturated/α-hetero) is 1. The zero-order chi connectivity index (χ0) is 12.3. The van der Waals surface area contributed by atoms with Crippen molar-refractivity contribution < 1.29 is 4.79 Å². The zero-order valence-electron chi connectivity index (χ0n) is 11.2. The van der Waals surface area contributed by atoms with Gasteiger partial charge in [0.05, 0.1) is 6.04 Å². The van der Waals surface area contributed by atoms with E-state index in [1.807, 2.05) is 0 Å². The molecule has 0 radical (unpaired) electrons. The molecule has 1 aliphatic heterocycles. The molecule has 1 saturated carbocycles. The van der Waals surface area contributed by atoms with E-state index in [1.165, 1.54) is 25.7 Å². The third-order valence-electron chi connectivity index (χ3n) is 4.53. The van der Waals surface area contributed by atoms with Gasteiger partial charge in [-0.25, -0.2) is 0 Å². The van der Waals surface area contributed by atoms with E-state index in [1.54, 1.807) is 0 Å².